The van der Waals surface area contributed by atoms with E-state index in [9.17, 15) is 4.79 Å². The van der Waals surface area contributed by atoms with Crippen molar-refractivity contribution in [2.24, 2.45) is 11.8 Å². The van der Waals surface area contributed by atoms with Gasteiger partial charge < -0.3 is 9.64 Å². The third kappa shape index (κ3) is 2.59. The van der Waals surface area contributed by atoms with Crippen LogP contribution >= 0.6 is 0 Å². The zero-order chi connectivity index (χ0) is 15.0. The van der Waals surface area contributed by atoms with Crippen LogP contribution in [0.4, 0.5) is 0 Å². The van der Waals surface area contributed by atoms with Gasteiger partial charge in [0.05, 0.1) is 13.0 Å². The van der Waals surface area contributed by atoms with Crippen molar-refractivity contribution in [1.82, 2.24) is 4.90 Å². The molecule has 3 heteroatoms. The van der Waals surface area contributed by atoms with Crippen LogP contribution in [0.25, 0.3) is 0 Å². The minimum atomic E-state index is -0.0293. The van der Waals surface area contributed by atoms with Crippen molar-refractivity contribution < 1.29 is 9.53 Å². The number of hydrogen-bond donors (Lipinski definition) is 0. The summed E-state index contributed by atoms with van der Waals surface area (Å²) in [5.41, 5.74) is 2.65. The first kappa shape index (κ1) is 14.6. The highest BCUT2D eigenvalue weighted by Crippen LogP contribution is 2.47. The maximum Gasteiger partial charge on any atom is 0.309 e. The minimum Gasteiger partial charge on any atom is -0.469 e. The molecule has 1 saturated heterocycles. The quantitative estimate of drug-likeness (QED) is 0.801. The van der Waals surface area contributed by atoms with Gasteiger partial charge in [-0.05, 0) is 49.3 Å². The number of hydrogen-bond acceptors (Lipinski definition) is 3. The fourth-order valence-electron chi connectivity index (χ4n) is 4.26. The average Bonchev–Trinajstić information content (AvgIpc) is 2.81. The predicted molar refractivity (Wildman–Crippen MR) is 83.2 cm³/mol. The molecule has 4 unspecified atom stereocenters. The number of nitrogens with zero attached hydrogens (tertiary/aromatic N) is 1. The van der Waals surface area contributed by atoms with Gasteiger partial charge in [-0.3, -0.25) is 4.79 Å². The van der Waals surface area contributed by atoms with Gasteiger partial charge in [0.25, 0.3) is 0 Å². The highest BCUT2D eigenvalue weighted by molar-refractivity contribution is 5.74. The number of benzene rings is 1. The van der Waals surface area contributed by atoms with Crippen molar-refractivity contribution in [2.45, 2.75) is 38.1 Å². The largest absolute Gasteiger partial charge is 0.469 e. The molecule has 2 fully saturated rings. The number of carbonyl (C=O) groups excluding carboxylic acids is 1. The van der Waals surface area contributed by atoms with Crippen LogP contribution in [-0.2, 0) is 16.0 Å². The lowest BCUT2D eigenvalue weighted by atomic mass is 9.70. The van der Waals surface area contributed by atoms with E-state index in [1.54, 1.807) is 0 Å². The van der Waals surface area contributed by atoms with E-state index >= 15 is 0 Å². The molecule has 21 heavy (non-hydrogen) atoms. The van der Waals surface area contributed by atoms with E-state index in [4.69, 9.17) is 4.74 Å². The Labute approximate surface area is 127 Å². The van der Waals surface area contributed by atoms with Gasteiger partial charge in [-0.25, -0.2) is 0 Å². The summed E-state index contributed by atoms with van der Waals surface area (Å²) in [4.78, 5) is 14.7. The number of aryl methyl sites for hydroxylation is 1. The summed E-state index contributed by atoms with van der Waals surface area (Å²) in [6.45, 7) is 3.19. The highest BCUT2D eigenvalue weighted by atomic mass is 16.5. The van der Waals surface area contributed by atoms with Crippen LogP contribution in [0.5, 0.6) is 0 Å². The van der Waals surface area contributed by atoms with Crippen LogP contribution in [0.2, 0.25) is 0 Å². The molecule has 2 aliphatic rings. The molecular weight excluding hydrogens is 262 g/mol. The van der Waals surface area contributed by atoms with Gasteiger partial charge in [0.15, 0.2) is 0 Å². The summed E-state index contributed by atoms with van der Waals surface area (Å²) in [6.07, 6.45) is 3.26. The number of carbonyl (C=O) groups is 1. The van der Waals surface area contributed by atoms with Crippen LogP contribution < -0.4 is 0 Å². The number of esters is 1. The number of rotatable bonds is 3. The molecule has 1 aliphatic carbocycles. The second-order valence-electron chi connectivity index (χ2n) is 6.58. The molecule has 0 N–H and O–H groups in total. The number of ether oxygens (including phenoxy) is 1. The lowest BCUT2D eigenvalue weighted by molar-refractivity contribution is -0.148. The van der Waals surface area contributed by atoms with Crippen LogP contribution in [0.15, 0.2) is 24.3 Å². The lowest BCUT2D eigenvalue weighted by Crippen LogP contribution is -2.36. The van der Waals surface area contributed by atoms with Gasteiger partial charge in [0.1, 0.15) is 0 Å². The molecule has 4 atom stereocenters. The van der Waals surface area contributed by atoms with Crippen LogP contribution in [0.1, 0.15) is 36.8 Å². The van der Waals surface area contributed by atoms with Gasteiger partial charge in [0.2, 0.25) is 0 Å². The van der Waals surface area contributed by atoms with Crippen molar-refractivity contribution in [2.75, 3.05) is 20.7 Å². The molecule has 1 aromatic carbocycles. The van der Waals surface area contributed by atoms with Crippen molar-refractivity contribution in [1.29, 1.82) is 0 Å². The summed E-state index contributed by atoms with van der Waals surface area (Å²) in [7, 11) is 3.70. The van der Waals surface area contributed by atoms with Gasteiger partial charge in [-0.15, -0.1) is 0 Å². The third-order valence-corrected chi connectivity index (χ3v) is 5.48. The molecule has 1 aromatic rings. The van der Waals surface area contributed by atoms with E-state index in [1.807, 2.05) is 0 Å². The molecular formula is C18H25NO2. The van der Waals surface area contributed by atoms with Crippen molar-refractivity contribution in [3.05, 3.63) is 35.4 Å². The summed E-state index contributed by atoms with van der Waals surface area (Å²) in [6, 6.07) is 9.44. The summed E-state index contributed by atoms with van der Waals surface area (Å²) >= 11 is 0. The minimum absolute atomic E-state index is 0.0173. The Morgan fingerprint density at radius 3 is 2.62 bits per heavy atom. The van der Waals surface area contributed by atoms with E-state index in [-0.39, 0.29) is 11.9 Å². The molecule has 3 nitrogen and oxygen atoms in total. The number of likely N-dealkylation sites (tertiary alicyclic amines) is 1. The van der Waals surface area contributed by atoms with E-state index in [1.165, 1.54) is 18.2 Å². The topological polar surface area (TPSA) is 29.5 Å². The Morgan fingerprint density at radius 2 is 2.00 bits per heavy atom. The van der Waals surface area contributed by atoms with E-state index in [2.05, 4.69) is 43.1 Å². The summed E-state index contributed by atoms with van der Waals surface area (Å²) < 4.78 is 5.11. The molecule has 0 radical (unpaired) electrons. The molecule has 1 aliphatic heterocycles. The second-order valence-corrected chi connectivity index (χ2v) is 6.58. The Balaban J connectivity index is 1.91. The maximum atomic E-state index is 12.3. The molecule has 1 saturated carbocycles. The van der Waals surface area contributed by atoms with Crippen LogP contribution in [-0.4, -0.2) is 37.6 Å². The molecule has 3 rings (SSSR count). The van der Waals surface area contributed by atoms with E-state index < -0.39 is 0 Å². The predicted octanol–water partition coefficient (Wildman–Crippen LogP) is 2.85. The Kier molecular flexibility index (Phi) is 4.03. The SMILES string of the molecule is CCc1ccc(C2CC3CC(CN3C)C2C(=O)OC)cc1. The molecule has 114 valence electrons. The maximum absolute atomic E-state index is 12.3. The second kappa shape index (κ2) is 5.80. The zero-order valence-corrected chi connectivity index (χ0v) is 13.2. The van der Waals surface area contributed by atoms with Gasteiger partial charge >= 0.3 is 5.97 Å². The normalized spacial score (nSPS) is 32.1. The molecule has 0 amide bonds. The first-order valence-corrected chi connectivity index (χ1v) is 8.01. The smallest absolute Gasteiger partial charge is 0.309 e. The van der Waals surface area contributed by atoms with Gasteiger partial charge in [-0.1, -0.05) is 31.2 Å². The van der Waals surface area contributed by atoms with Crippen LogP contribution in [0, 0.1) is 11.8 Å². The van der Waals surface area contributed by atoms with Crippen molar-refractivity contribution >= 4 is 5.97 Å². The Bertz CT molecular complexity index is 508. The molecule has 2 bridgehead atoms. The van der Waals surface area contributed by atoms with Gasteiger partial charge in [-0.2, -0.15) is 0 Å². The van der Waals surface area contributed by atoms with Crippen molar-refractivity contribution in [3.8, 4) is 0 Å². The fraction of sp³-hybridized carbons (Fsp3) is 0.611. The standard InChI is InChI=1S/C18H25NO2/c1-4-12-5-7-13(8-6-12)16-10-15-9-14(11-19(15)2)17(16)18(20)21-3/h5-8,14-17H,4,9-11H2,1-3H3. The Morgan fingerprint density at radius 1 is 1.29 bits per heavy atom. The van der Waals surface area contributed by atoms with E-state index in [0.717, 1.165) is 25.8 Å². The summed E-state index contributed by atoms with van der Waals surface area (Å²) in [5.74, 6) is 0.733. The van der Waals surface area contributed by atoms with Crippen LogP contribution in [0.3, 0.4) is 0 Å². The first-order valence-electron chi connectivity index (χ1n) is 8.01. The van der Waals surface area contributed by atoms with Gasteiger partial charge in [0, 0.05) is 12.6 Å². The highest BCUT2D eigenvalue weighted by Gasteiger charge is 2.48. The molecule has 1 heterocycles. The molecule has 0 aromatic heterocycles. The Hall–Kier alpha value is -1.35. The fourth-order valence-corrected chi connectivity index (χ4v) is 4.26. The zero-order valence-electron chi connectivity index (χ0n) is 13.2. The number of fused-ring (bicyclic) bond motifs is 2. The van der Waals surface area contributed by atoms with E-state index in [0.29, 0.717) is 17.9 Å². The summed E-state index contributed by atoms with van der Waals surface area (Å²) in [5, 5.41) is 0. The average molecular weight is 287 g/mol. The first-order chi connectivity index (χ1) is 10.1. The van der Waals surface area contributed by atoms with Crippen molar-refractivity contribution in [3.63, 3.8) is 0 Å². The lowest BCUT2D eigenvalue weighted by Gasteiger charge is -2.35. The molecule has 0 spiro atoms. The number of methoxy groups -OCH3 is 1. The monoisotopic (exact) mass is 287 g/mol. The third-order valence-electron chi connectivity index (χ3n) is 5.48.